The summed E-state index contributed by atoms with van der Waals surface area (Å²) in [5, 5.41) is 13.9. The Labute approximate surface area is 120 Å². The molecule has 0 aliphatic rings. The van der Waals surface area contributed by atoms with Crippen LogP contribution in [0.3, 0.4) is 0 Å². The SMILES string of the molecule is CCNC(=O)C(C(C)C(=O)[O-])C(CC)c1ccccc1. The van der Waals surface area contributed by atoms with Gasteiger partial charge in [-0.2, -0.15) is 0 Å². The molecule has 4 nitrogen and oxygen atoms in total. The van der Waals surface area contributed by atoms with Crippen LogP contribution < -0.4 is 10.4 Å². The number of carbonyl (C=O) groups is 2. The summed E-state index contributed by atoms with van der Waals surface area (Å²) in [5.41, 5.74) is 0.986. The molecule has 0 aliphatic heterocycles. The van der Waals surface area contributed by atoms with Crippen molar-refractivity contribution in [1.29, 1.82) is 0 Å². The topological polar surface area (TPSA) is 69.2 Å². The molecule has 0 fully saturated rings. The Hall–Kier alpha value is -1.84. The molecule has 0 saturated carbocycles. The van der Waals surface area contributed by atoms with Gasteiger partial charge in [-0.15, -0.1) is 0 Å². The quantitative estimate of drug-likeness (QED) is 0.816. The van der Waals surface area contributed by atoms with Crippen LogP contribution in [0.2, 0.25) is 0 Å². The molecule has 1 rings (SSSR count). The van der Waals surface area contributed by atoms with E-state index in [4.69, 9.17) is 0 Å². The highest BCUT2D eigenvalue weighted by Gasteiger charge is 2.33. The van der Waals surface area contributed by atoms with Gasteiger partial charge >= 0.3 is 0 Å². The monoisotopic (exact) mass is 276 g/mol. The minimum Gasteiger partial charge on any atom is -0.550 e. The number of aliphatic carboxylic acids is 1. The summed E-state index contributed by atoms with van der Waals surface area (Å²) in [6.45, 7) is 5.81. The molecule has 3 atom stereocenters. The lowest BCUT2D eigenvalue weighted by Crippen LogP contribution is -2.44. The lowest BCUT2D eigenvalue weighted by molar-refractivity contribution is -0.312. The summed E-state index contributed by atoms with van der Waals surface area (Å²) >= 11 is 0. The van der Waals surface area contributed by atoms with E-state index in [1.165, 1.54) is 0 Å². The first-order chi connectivity index (χ1) is 9.52. The molecule has 0 saturated heterocycles. The normalized spacial score (nSPS) is 15.2. The Bertz CT molecular complexity index is 444. The summed E-state index contributed by atoms with van der Waals surface area (Å²) in [7, 11) is 0. The van der Waals surface area contributed by atoms with E-state index in [1.54, 1.807) is 6.92 Å². The first kappa shape index (κ1) is 16.2. The molecule has 0 aliphatic carbocycles. The van der Waals surface area contributed by atoms with Crippen LogP contribution in [-0.4, -0.2) is 18.4 Å². The lowest BCUT2D eigenvalue weighted by atomic mass is 9.76. The third kappa shape index (κ3) is 3.83. The van der Waals surface area contributed by atoms with Crippen LogP contribution in [0.15, 0.2) is 30.3 Å². The number of carboxylic acid groups (broad SMARTS) is 1. The number of carbonyl (C=O) groups excluding carboxylic acids is 2. The number of carboxylic acids is 1. The molecule has 20 heavy (non-hydrogen) atoms. The molecule has 1 amide bonds. The zero-order valence-corrected chi connectivity index (χ0v) is 12.3. The standard InChI is InChI=1S/C16H23NO3/c1-4-13(12-9-7-6-8-10-12)14(11(3)16(19)20)15(18)17-5-2/h6-11,13-14H,4-5H2,1-3H3,(H,17,18)(H,19,20)/p-1. The van der Waals surface area contributed by atoms with Crippen molar-refractivity contribution in [3.63, 3.8) is 0 Å². The second kappa shape index (κ2) is 7.68. The minimum absolute atomic E-state index is 0.129. The van der Waals surface area contributed by atoms with E-state index >= 15 is 0 Å². The van der Waals surface area contributed by atoms with E-state index in [0.29, 0.717) is 13.0 Å². The van der Waals surface area contributed by atoms with E-state index in [9.17, 15) is 14.7 Å². The number of hydrogen-bond acceptors (Lipinski definition) is 3. The van der Waals surface area contributed by atoms with Gasteiger partial charge in [0.25, 0.3) is 0 Å². The molecule has 0 spiro atoms. The van der Waals surface area contributed by atoms with E-state index < -0.39 is 17.8 Å². The maximum absolute atomic E-state index is 12.3. The summed E-state index contributed by atoms with van der Waals surface area (Å²) < 4.78 is 0. The van der Waals surface area contributed by atoms with Crippen LogP contribution in [0, 0.1) is 11.8 Å². The molecule has 1 N–H and O–H groups in total. The van der Waals surface area contributed by atoms with Gasteiger partial charge in [-0.05, 0) is 24.8 Å². The van der Waals surface area contributed by atoms with Crippen molar-refractivity contribution in [2.24, 2.45) is 11.8 Å². The molecular formula is C16H22NO3-. The van der Waals surface area contributed by atoms with Gasteiger partial charge in [-0.25, -0.2) is 0 Å². The van der Waals surface area contributed by atoms with Crippen LogP contribution in [0.1, 0.15) is 38.7 Å². The summed E-state index contributed by atoms with van der Waals surface area (Å²) in [4.78, 5) is 23.5. The number of rotatable bonds is 7. The Morgan fingerprint density at radius 3 is 2.25 bits per heavy atom. The Kier molecular flexibility index (Phi) is 6.22. The zero-order valence-electron chi connectivity index (χ0n) is 12.3. The fourth-order valence-corrected chi connectivity index (χ4v) is 2.59. The van der Waals surface area contributed by atoms with E-state index in [0.717, 1.165) is 5.56 Å². The van der Waals surface area contributed by atoms with Gasteiger partial charge < -0.3 is 15.2 Å². The number of hydrogen-bond donors (Lipinski definition) is 1. The van der Waals surface area contributed by atoms with Crippen molar-refractivity contribution in [3.8, 4) is 0 Å². The van der Waals surface area contributed by atoms with Crippen molar-refractivity contribution in [2.75, 3.05) is 6.54 Å². The Morgan fingerprint density at radius 2 is 1.80 bits per heavy atom. The first-order valence-corrected chi connectivity index (χ1v) is 7.06. The highest BCUT2D eigenvalue weighted by Crippen LogP contribution is 2.33. The van der Waals surface area contributed by atoms with Crippen molar-refractivity contribution in [1.82, 2.24) is 5.32 Å². The molecular weight excluding hydrogens is 254 g/mol. The van der Waals surface area contributed by atoms with Crippen LogP contribution in [0.5, 0.6) is 0 Å². The fraction of sp³-hybridized carbons (Fsp3) is 0.500. The van der Waals surface area contributed by atoms with Crippen molar-refractivity contribution in [3.05, 3.63) is 35.9 Å². The third-order valence-corrected chi connectivity index (χ3v) is 3.67. The zero-order chi connectivity index (χ0) is 15.1. The molecule has 3 unspecified atom stereocenters. The van der Waals surface area contributed by atoms with Crippen LogP contribution in [0.4, 0.5) is 0 Å². The number of benzene rings is 1. The molecule has 0 radical (unpaired) electrons. The Morgan fingerprint density at radius 1 is 1.20 bits per heavy atom. The van der Waals surface area contributed by atoms with Gasteiger partial charge in [0.2, 0.25) is 5.91 Å². The lowest BCUT2D eigenvalue weighted by Gasteiger charge is -2.31. The van der Waals surface area contributed by atoms with Crippen molar-refractivity contribution in [2.45, 2.75) is 33.1 Å². The van der Waals surface area contributed by atoms with Crippen molar-refractivity contribution < 1.29 is 14.7 Å². The smallest absolute Gasteiger partial charge is 0.224 e. The molecule has 110 valence electrons. The maximum Gasteiger partial charge on any atom is 0.224 e. The third-order valence-electron chi connectivity index (χ3n) is 3.67. The van der Waals surface area contributed by atoms with Gasteiger partial charge in [0.05, 0.1) is 5.92 Å². The van der Waals surface area contributed by atoms with Crippen LogP contribution in [0.25, 0.3) is 0 Å². The predicted molar refractivity (Wildman–Crippen MR) is 75.8 cm³/mol. The first-order valence-electron chi connectivity index (χ1n) is 7.06. The van der Waals surface area contributed by atoms with Crippen LogP contribution >= 0.6 is 0 Å². The molecule has 1 aromatic rings. The highest BCUT2D eigenvalue weighted by atomic mass is 16.4. The predicted octanol–water partition coefficient (Wildman–Crippen LogP) is 1.32. The van der Waals surface area contributed by atoms with Crippen LogP contribution in [-0.2, 0) is 9.59 Å². The molecule has 0 aromatic heterocycles. The number of nitrogens with one attached hydrogen (secondary N) is 1. The van der Waals surface area contributed by atoms with Gasteiger partial charge in [0, 0.05) is 18.4 Å². The maximum atomic E-state index is 12.3. The minimum atomic E-state index is -1.18. The molecule has 1 aromatic carbocycles. The molecule has 0 bridgehead atoms. The Balaban J connectivity index is 3.12. The average Bonchev–Trinajstić information content (AvgIpc) is 2.44. The summed E-state index contributed by atoms with van der Waals surface area (Å²) in [6.07, 6.45) is 0.698. The molecule has 4 heteroatoms. The average molecular weight is 276 g/mol. The van der Waals surface area contributed by atoms with Gasteiger partial charge in [-0.1, -0.05) is 44.2 Å². The highest BCUT2D eigenvalue weighted by molar-refractivity contribution is 5.84. The van der Waals surface area contributed by atoms with Gasteiger partial charge in [0.1, 0.15) is 0 Å². The van der Waals surface area contributed by atoms with E-state index in [1.807, 2.05) is 44.2 Å². The van der Waals surface area contributed by atoms with Gasteiger partial charge in [0.15, 0.2) is 0 Å². The van der Waals surface area contributed by atoms with Gasteiger partial charge in [-0.3, -0.25) is 4.79 Å². The fourth-order valence-electron chi connectivity index (χ4n) is 2.59. The molecule has 0 heterocycles. The second-order valence-electron chi connectivity index (χ2n) is 4.95. The number of amides is 1. The summed E-state index contributed by atoms with van der Waals surface area (Å²) in [5.74, 6) is -2.98. The summed E-state index contributed by atoms with van der Waals surface area (Å²) in [6, 6.07) is 9.57. The van der Waals surface area contributed by atoms with E-state index in [2.05, 4.69) is 5.32 Å². The van der Waals surface area contributed by atoms with Crippen molar-refractivity contribution >= 4 is 11.9 Å². The largest absolute Gasteiger partial charge is 0.550 e. The van der Waals surface area contributed by atoms with E-state index in [-0.39, 0.29) is 11.8 Å². The second-order valence-corrected chi connectivity index (χ2v) is 4.95.